The molecule has 0 aliphatic heterocycles. The molecule has 0 spiro atoms. The summed E-state index contributed by atoms with van der Waals surface area (Å²) in [5.41, 5.74) is 6.38. The van der Waals surface area contributed by atoms with E-state index < -0.39 is 0 Å². The molecule has 1 heterocycles. The number of aryl methyl sites for hydroxylation is 2. The fourth-order valence-electron chi connectivity index (χ4n) is 0.993. The van der Waals surface area contributed by atoms with Crippen LogP contribution in [0.5, 0.6) is 0 Å². The molecule has 0 saturated heterocycles. The van der Waals surface area contributed by atoms with Crippen molar-refractivity contribution in [3.63, 3.8) is 0 Å². The van der Waals surface area contributed by atoms with Crippen LogP contribution < -0.4 is 5.73 Å². The third-order valence-electron chi connectivity index (χ3n) is 1.58. The standard InChI is InChI=1S/C7H13N3/c1-3-10-5-7(4-8)9-6(10)2/h5H,3-4,8H2,1-2H3. The van der Waals surface area contributed by atoms with Crippen LogP contribution in [0.1, 0.15) is 18.4 Å². The summed E-state index contributed by atoms with van der Waals surface area (Å²) in [5.74, 6) is 1.04. The van der Waals surface area contributed by atoms with E-state index in [1.54, 1.807) is 0 Å². The van der Waals surface area contributed by atoms with E-state index >= 15 is 0 Å². The molecule has 0 aromatic carbocycles. The van der Waals surface area contributed by atoms with E-state index in [2.05, 4.69) is 16.5 Å². The van der Waals surface area contributed by atoms with Crippen molar-refractivity contribution in [2.45, 2.75) is 26.9 Å². The minimum absolute atomic E-state index is 0.536. The largest absolute Gasteiger partial charge is 0.335 e. The number of hydrogen-bond acceptors (Lipinski definition) is 2. The van der Waals surface area contributed by atoms with Crippen LogP contribution in [0, 0.1) is 6.92 Å². The number of nitrogens with two attached hydrogens (primary N) is 1. The number of aromatic nitrogens is 2. The molecular formula is C7H13N3. The van der Waals surface area contributed by atoms with E-state index in [0.717, 1.165) is 18.1 Å². The Balaban J connectivity index is 2.92. The van der Waals surface area contributed by atoms with Gasteiger partial charge in [0.25, 0.3) is 0 Å². The summed E-state index contributed by atoms with van der Waals surface area (Å²) in [6.07, 6.45) is 2.00. The van der Waals surface area contributed by atoms with Crippen LogP contribution in [0.4, 0.5) is 0 Å². The molecule has 0 amide bonds. The monoisotopic (exact) mass is 139 g/mol. The van der Waals surface area contributed by atoms with Gasteiger partial charge in [-0.25, -0.2) is 4.98 Å². The second-order valence-corrected chi connectivity index (χ2v) is 2.27. The van der Waals surface area contributed by atoms with E-state index in [-0.39, 0.29) is 0 Å². The molecule has 0 saturated carbocycles. The zero-order valence-corrected chi connectivity index (χ0v) is 6.46. The molecule has 1 rings (SSSR count). The Morgan fingerprint density at radius 2 is 2.40 bits per heavy atom. The van der Waals surface area contributed by atoms with Crippen molar-refractivity contribution in [3.05, 3.63) is 17.7 Å². The third-order valence-corrected chi connectivity index (χ3v) is 1.58. The lowest BCUT2D eigenvalue weighted by Gasteiger charge is -1.95. The molecule has 3 nitrogen and oxygen atoms in total. The minimum Gasteiger partial charge on any atom is -0.335 e. The number of rotatable bonds is 2. The molecule has 0 aliphatic carbocycles. The summed E-state index contributed by atoms with van der Waals surface area (Å²) in [6.45, 7) is 5.59. The van der Waals surface area contributed by atoms with E-state index in [9.17, 15) is 0 Å². The highest BCUT2D eigenvalue weighted by atomic mass is 15.1. The van der Waals surface area contributed by atoms with Gasteiger partial charge in [-0.1, -0.05) is 0 Å². The van der Waals surface area contributed by atoms with Crippen LogP contribution in [0.2, 0.25) is 0 Å². The topological polar surface area (TPSA) is 43.8 Å². The maximum atomic E-state index is 5.41. The Kier molecular flexibility index (Phi) is 2.06. The smallest absolute Gasteiger partial charge is 0.105 e. The molecule has 1 aromatic rings. The van der Waals surface area contributed by atoms with Gasteiger partial charge >= 0.3 is 0 Å². The van der Waals surface area contributed by atoms with Crippen molar-refractivity contribution in [1.82, 2.24) is 9.55 Å². The quantitative estimate of drug-likeness (QED) is 0.654. The molecule has 1 aromatic heterocycles. The third kappa shape index (κ3) is 1.19. The first-order valence-corrected chi connectivity index (χ1v) is 3.50. The van der Waals surface area contributed by atoms with Gasteiger partial charge in [-0.3, -0.25) is 0 Å². The highest BCUT2D eigenvalue weighted by Crippen LogP contribution is 2.00. The first kappa shape index (κ1) is 7.28. The zero-order valence-electron chi connectivity index (χ0n) is 6.46. The molecule has 0 bridgehead atoms. The molecule has 3 heteroatoms. The molecule has 0 aliphatic rings. The summed E-state index contributed by atoms with van der Waals surface area (Å²) in [6, 6.07) is 0. The number of hydrogen-bond donors (Lipinski definition) is 1. The Hall–Kier alpha value is -0.830. The van der Waals surface area contributed by atoms with Crippen LogP contribution in [0.25, 0.3) is 0 Å². The number of nitrogens with zero attached hydrogens (tertiary/aromatic N) is 2. The molecule has 0 atom stereocenters. The minimum atomic E-state index is 0.536. The first-order chi connectivity index (χ1) is 4.77. The van der Waals surface area contributed by atoms with Crippen LogP contribution in [-0.4, -0.2) is 9.55 Å². The zero-order chi connectivity index (χ0) is 7.56. The maximum absolute atomic E-state index is 5.41. The first-order valence-electron chi connectivity index (χ1n) is 3.50. The van der Waals surface area contributed by atoms with Gasteiger partial charge in [0.15, 0.2) is 0 Å². The van der Waals surface area contributed by atoms with Crippen molar-refractivity contribution in [1.29, 1.82) is 0 Å². The van der Waals surface area contributed by atoms with Gasteiger partial charge in [0.05, 0.1) is 5.69 Å². The second-order valence-electron chi connectivity index (χ2n) is 2.27. The average molecular weight is 139 g/mol. The van der Waals surface area contributed by atoms with Gasteiger partial charge in [0.2, 0.25) is 0 Å². The SMILES string of the molecule is CCn1cc(CN)nc1C. The Morgan fingerprint density at radius 1 is 1.70 bits per heavy atom. The van der Waals surface area contributed by atoms with Gasteiger partial charge in [0, 0.05) is 19.3 Å². The van der Waals surface area contributed by atoms with Gasteiger partial charge < -0.3 is 10.3 Å². The molecule has 10 heavy (non-hydrogen) atoms. The van der Waals surface area contributed by atoms with E-state index in [4.69, 9.17) is 5.73 Å². The fraction of sp³-hybridized carbons (Fsp3) is 0.571. The lowest BCUT2D eigenvalue weighted by atomic mass is 10.5. The fourth-order valence-corrected chi connectivity index (χ4v) is 0.993. The second kappa shape index (κ2) is 2.84. The molecule has 56 valence electrons. The van der Waals surface area contributed by atoms with Crippen molar-refractivity contribution in [3.8, 4) is 0 Å². The van der Waals surface area contributed by atoms with Gasteiger partial charge in [-0.2, -0.15) is 0 Å². The van der Waals surface area contributed by atoms with E-state index in [1.807, 2.05) is 13.1 Å². The summed E-state index contributed by atoms with van der Waals surface area (Å²) >= 11 is 0. The van der Waals surface area contributed by atoms with Crippen LogP contribution in [-0.2, 0) is 13.1 Å². The molecular weight excluding hydrogens is 126 g/mol. The normalized spacial score (nSPS) is 10.3. The van der Waals surface area contributed by atoms with Crippen LogP contribution in [0.15, 0.2) is 6.20 Å². The van der Waals surface area contributed by atoms with Crippen molar-refractivity contribution in [2.75, 3.05) is 0 Å². The van der Waals surface area contributed by atoms with Gasteiger partial charge in [-0.15, -0.1) is 0 Å². The predicted molar refractivity (Wildman–Crippen MR) is 40.5 cm³/mol. The Morgan fingerprint density at radius 3 is 2.70 bits per heavy atom. The molecule has 2 N–H and O–H groups in total. The van der Waals surface area contributed by atoms with Crippen molar-refractivity contribution >= 4 is 0 Å². The summed E-state index contributed by atoms with van der Waals surface area (Å²) in [5, 5.41) is 0. The average Bonchev–Trinajstić information content (AvgIpc) is 2.30. The van der Waals surface area contributed by atoms with Crippen LogP contribution in [0.3, 0.4) is 0 Å². The Labute approximate surface area is 60.9 Å². The van der Waals surface area contributed by atoms with E-state index in [1.165, 1.54) is 0 Å². The molecule has 0 radical (unpaired) electrons. The maximum Gasteiger partial charge on any atom is 0.105 e. The Bertz CT molecular complexity index is 215. The highest BCUT2D eigenvalue weighted by molar-refractivity contribution is 5.01. The molecule has 0 fully saturated rings. The van der Waals surface area contributed by atoms with Crippen LogP contribution >= 0.6 is 0 Å². The lowest BCUT2D eigenvalue weighted by molar-refractivity contribution is 0.730. The lowest BCUT2D eigenvalue weighted by Crippen LogP contribution is -1.95. The highest BCUT2D eigenvalue weighted by Gasteiger charge is 1.98. The van der Waals surface area contributed by atoms with E-state index in [0.29, 0.717) is 6.54 Å². The summed E-state index contributed by atoms with van der Waals surface area (Å²) in [7, 11) is 0. The van der Waals surface area contributed by atoms with Crippen molar-refractivity contribution < 1.29 is 0 Å². The van der Waals surface area contributed by atoms with Gasteiger partial charge in [0.1, 0.15) is 5.82 Å². The van der Waals surface area contributed by atoms with Gasteiger partial charge in [-0.05, 0) is 13.8 Å². The number of imidazole rings is 1. The summed E-state index contributed by atoms with van der Waals surface area (Å²) in [4.78, 5) is 4.24. The molecule has 0 unspecified atom stereocenters. The summed E-state index contributed by atoms with van der Waals surface area (Å²) < 4.78 is 2.09. The predicted octanol–water partition coefficient (Wildman–Crippen LogP) is 0.670. The van der Waals surface area contributed by atoms with Crippen molar-refractivity contribution in [2.24, 2.45) is 5.73 Å².